The van der Waals surface area contributed by atoms with Crippen LogP contribution in [-0.2, 0) is 0 Å². The fourth-order valence-corrected chi connectivity index (χ4v) is 2.25. The third kappa shape index (κ3) is 2.65. The van der Waals surface area contributed by atoms with Crippen LogP contribution in [0, 0.1) is 10.1 Å². The highest BCUT2D eigenvalue weighted by atomic mass is 16.6. The maximum atomic E-state index is 10.6. The Morgan fingerprint density at radius 1 is 1.53 bits per heavy atom. The van der Waals surface area contributed by atoms with E-state index in [9.17, 15) is 10.1 Å². The lowest BCUT2D eigenvalue weighted by atomic mass is 10.1. The van der Waals surface area contributed by atoms with Crippen LogP contribution in [0.15, 0.2) is 16.5 Å². The lowest BCUT2D eigenvalue weighted by molar-refractivity contribution is -0.402. The van der Waals surface area contributed by atoms with Gasteiger partial charge in [0.1, 0.15) is 10.7 Å². The molecule has 1 N–H and O–H groups in total. The largest absolute Gasteiger partial charge is 0.433 e. The molecule has 94 valence electrons. The van der Waals surface area contributed by atoms with Crippen molar-refractivity contribution in [3.05, 3.63) is 28.0 Å². The number of nitrogens with one attached hydrogen (secondary N) is 1. The molecule has 6 nitrogen and oxygen atoms in total. The first-order valence-electron chi connectivity index (χ1n) is 5.91. The molecule has 6 heteroatoms. The average molecular weight is 239 g/mol. The van der Waals surface area contributed by atoms with Crippen LogP contribution in [0.1, 0.15) is 25.1 Å². The van der Waals surface area contributed by atoms with Gasteiger partial charge in [-0.15, -0.1) is 0 Å². The van der Waals surface area contributed by atoms with Gasteiger partial charge in [0, 0.05) is 26.2 Å². The summed E-state index contributed by atoms with van der Waals surface area (Å²) in [6.45, 7) is 5.89. The van der Waals surface area contributed by atoms with E-state index in [1.54, 1.807) is 6.07 Å². The molecule has 0 spiro atoms. The first-order valence-corrected chi connectivity index (χ1v) is 5.91. The minimum atomic E-state index is -0.492. The monoisotopic (exact) mass is 239 g/mol. The van der Waals surface area contributed by atoms with Gasteiger partial charge in [0.15, 0.2) is 0 Å². The van der Waals surface area contributed by atoms with Gasteiger partial charge in [0.25, 0.3) is 0 Å². The Labute approximate surface area is 99.7 Å². The third-order valence-corrected chi connectivity index (χ3v) is 3.10. The zero-order valence-corrected chi connectivity index (χ0v) is 9.89. The van der Waals surface area contributed by atoms with Crippen LogP contribution in [-0.4, -0.2) is 36.0 Å². The Bertz CT molecular complexity index is 385. The summed E-state index contributed by atoms with van der Waals surface area (Å²) in [5.74, 6) is 0.523. The molecule has 1 saturated heterocycles. The molecule has 0 radical (unpaired) electrons. The average Bonchev–Trinajstić information content (AvgIpc) is 2.81. The van der Waals surface area contributed by atoms with Crippen LogP contribution < -0.4 is 5.32 Å². The Balaban J connectivity index is 2.12. The van der Waals surface area contributed by atoms with Crippen LogP contribution in [0.4, 0.5) is 5.88 Å². The van der Waals surface area contributed by atoms with Crippen LogP contribution in [0.3, 0.4) is 0 Å². The van der Waals surface area contributed by atoms with Crippen molar-refractivity contribution >= 4 is 5.88 Å². The van der Waals surface area contributed by atoms with Gasteiger partial charge in [0.05, 0.1) is 12.1 Å². The highest BCUT2D eigenvalue weighted by molar-refractivity contribution is 5.20. The molecule has 1 aliphatic rings. The SMILES string of the molecule is CC[C@H](c1ccc([N+](=O)[O-])o1)N1CCNCC1. The van der Waals surface area contributed by atoms with Crippen molar-refractivity contribution in [2.45, 2.75) is 19.4 Å². The molecule has 1 aliphatic heterocycles. The summed E-state index contributed by atoms with van der Waals surface area (Å²) in [5.41, 5.74) is 0. The Hall–Kier alpha value is -1.40. The summed E-state index contributed by atoms with van der Waals surface area (Å²) in [6, 6.07) is 3.29. The molecule has 0 aliphatic carbocycles. The summed E-state index contributed by atoms with van der Waals surface area (Å²) in [5, 5.41) is 13.9. The number of rotatable bonds is 4. The maximum absolute atomic E-state index is 10.6. The van der Waals surface area contributed by atoms with Crippen molar-refractivity contribution < 1.29 is 9.34 Å². The first kappa shape index (κ1) is 12.1. The van der Waals surface area contributed by atoms with Crippen LogP contribution in [0.25, 0.3) is 0 Å². The number of nitrogens with zero attached hydrogens (tertiary/aromatic N) is 2. The highest BCUT2D eigenvalue weighted by Crippen LogP contribution is 2.28. The van der Waals surface area contributed by atoms with E-state index >= 15 is 0 Å². The van der Waals surface area contributed by atoms with E-state index in [4.69, 9.17) is 4.42 Å². The number of furan rings is 1. The topological polar surface area (TPSA) is 71.5 Å². The van der Waals surface area contributed by atoms with E-state index in [1.165, 1.54) is 6.07 Å². The van der Waals surface area contributed by atoms with Gasteiger partial charge in [0.2, 0.25) is 0 Å². The Morgan fingerprint density at radius 2 is 2.24 bits per heavy atom. The second-order valence-corrected chi connectivity index (χ2v) is 4.14. The summed E-state index contributed by atoms with van der Waals surface area (Å²) in [7, 11) is 0. The molecule has 0 unspecified atom stereocenters. The summed E-state index contributed by atoms with van der Waals surface area (Å²) in [6.07, 6.45) is 0.894. The molecule has 17 heavy (non-hydrogen) atoms. The first-order chi connectivity index (χ1) is 8.22. The zero-order chi connectivity index (χ0) is 12.3. The molecule has 2 heterocycles. The predicted octanol–water partition coefficient (Wildman–Crippen LogP) is 1.54. The molecule has 1 aromatic rings. The lowest BCUT2D eigenvalue weighted by Crippen LogP contribution is -2.44. The van der Waals surface area contributed by atoms with E-state index < -0.39 is 4.92 Å². The van der Waals surface area contributed by atoms with E-state index in [2.05, 4.69) is 17.1 Å². The Kier molecular flexibility index (Phi) is 3.75. The lowest BCUT2D eigenvalue weighted by Gasteiger charge is -2.33. The summed E-state index contributed by atoms with van der Waals surface area (Å²) < 4.78 is 5.29. The Morgan fingerprint density at radius 3 is 2.76 bits per heavy atom. The number of hydrogen-bond donors (Lipinski definition) is 1. The van der Waals surface area contributed by atoms with Crippen molar-refractivity contribution in [3.8, 4) is 0 Å². The molecule has 2 rings (SSSR count). The van der Waals surface area contributed by atoms with Gasteiger partial charge in [-0.25, -0.2) is 0 Å². The standard InChI is InChI=1S/C11H17N3O3/c1-2-9(13-7-5-12-6-8-13)10-3-4-11(17-10)14(15)16/h3-4,9,12H,2,5-8H2,1H3/t9-/m1/s1. The molecule has 0 amide bonds. The van der Waals surface area contributed by atoms with Gasteiger partial charge < -0.3 is 9.73 Å². The van der Waals surface area contributed by atoms with Gasteiger partial charge in [-0.1, -0.05) is 6.92 Å². The van der Waals surface area contributed by atoms with Gasteiger partial charge >= 0.3 is 5.88 Å². The minimum absolute atomic E-state index is 0.144. The second-order valence-electron chi connectivity index (χ2n) is 4.14. The van der Waals surface area contributed by atoms with Crippen LogP contribution >= 0.6 is 0 Å². The fourth-order valence-electron chi connectivity index (χ4n) is 2.25. The van der Waals surface area contributed by atoms with Crippen molar-refractivity contribution in [1.82, 2.24) is 10.2 Å². The molecular formula is C11H17N3O3. The summed E-state index contributed by atoms with van der Waals surface area (Å²) >= 11 is 0. The zero-order valence-electron chi connectivity index (χ0n) is 9.89. The van der Waals surface area contributed by atoms with E-state index in [0.29, 0.717) is 5.76 Å². The third-order valence-electron chi connectivity index (χ3n) is 3.10. The van der Waals surface area contributed by atoms with Gasteiger partial charge in [-0.05, 0) is 12.5 Å². The van der Waals surface area contributed by atoms with Crippen LogP contribution in [0.5, 0.6) is 0 Å². The predicted molar refractivity (Wildman–Crippen MR) is 62.8 cm³/mol. The molecule has 0 saturated carbocycles. The minimum Gasteiger partial charge on any atom is -0.404 e. The second kappa shape index (κ2) is 5.29. The molecule has 1 atom stereocenters. The van der Waals surface area contributed by atoms with Gasteiger partial charge in [-0.3, -0.25) is 15.0 Å². The van der Waals surface area contributed by atoms with Crippen LogP contribution in [0.2, 0.25) is 0 Å². The molecule has 0 bridgehead atoms. The van der Waals surface area contributed by atoms with E-state index in [-0.39, 0.29) is 11.9 Å². The fraction of sp³-hybridized carbons (Fsp3) is 0.636. The van der Waals surface area contributed by atoms with Gasteiger partial charge in [-0.2, -0.15) is 0 Å². The van der Waals surface area contributed by atoms with E-state index in [1.807, 2.05) is 0 Å². The quantitative estimate of drug-likeness (QED) is 0.637. The number of piperazine rings is 1. The van der Waals surface area contributed by atoms with Crippen molar-refractivity contribution in [2.75, 3.05) is 26.2 Å². The van der Waals surface area contributed by atoms with E-state index in [0.717, 1.165) is 32.6 Å². The number of hydrogen-bond acceptors (Lipinski definition) is 5. The molecule has 0 aromatic carbocycles. The van der Waals surface area contributed by atoms with Crippen molar-refractivity contribution in [3.63, 3.8) is 0 Å². The maximum Gasteiger partial charge on any atom is 0.433 e. The normalized spacial score (nSPS) is 19.1. The molecule has 1 fully saturated rings. The van der Waals surface area contributed by atoms with Crippen molar-refractivity contribution in [1.29, 1.82) is 0 Å². The smallest absolute Gasteiger partial charge is 0.404 e. The molecular weight excluding hydrogens is 222 g/mol. The van der Waals surface area contributed by atoms with Crippen molar-refractivity contribution in [2.24, 2.45) is 0 Å². The summed E-state index contributed by atoms with van der Waals surface area (Å²) in [4.78, 5) is 12.4. The highest BCUT2D eigenvalue weighted by Gasteiger charge is 2.25. The number of nitro groups is 1. The molecule has 1 aromatic heterocycles.